The molecule has 0 aliphatic rings. The maximum absolute atomic E-state index is 11.5. The summed E-state index contributed by atoms with van der Waals surface area (Å²) in [4.78, 5) is 27.3. The average molecular weight is 217 g/mol. The van der Waals surface area contributed by atoms with Gasteiger partial charge in [-0.15, -0.1) is 0 Å². The van der Waals surface area contributed by atoms with E-state index in [1.54, 1.807) is 18.2 Å². The van der Waals surface area contributed by atoms with Crippen LogP contribution in [0.4, 0.5) is 0 Å². The van der Waals surface area contributed by atoms with Crippen LogP contribution in [0.3, 0.4) is 0 Å². The molecule has 2 aromatic rings. The Morgan fingerprint density at radius 2 is 2.06 bits per heavy atom. The Balaban J connectivity index is 2.67. The summed E-state index contributed by atoms with van der Waals surface area (Å²) in [6.07, 6.45) is 3.62. The summed E-state index contributed by atoms with van der Waals surface area (Å²) in [5.74, 6) is 0. The summed E-state index contributed by atoms with van der Waals surface area (Å²) in [5, 5.41) is 0.457. The van der Waals surface area contributed by atoms with Crippen molar-refractivity contribution in [3.05, 3.63) is 50.7 Å². The zero-order chi connectivity index (χ0) is 11.5. The second kappa shape index (κ2) is 4.16. The molecule has 1 aromatic heterocycles. The molecule has 5 nitrogen and oxygen atoms in total. The SMILES string of the molecule is NCC=Cc1ccc2[nH]c(=O)[nH]c(=O)c2c1. The number of benzene rings is 1. The molecule has 0 bridgehead atoms. The van der Waals surface area contributed by atoms with Crippen LogP contribution >= 0.6 is 0 Å². The zero-order valence-electron chi connectivity index (χ0n) is 8.49. The van der Waals surface area contributed by atoms with Gasteiger partial charge in [0.2, 0.25) is 0 Å². The highest BCUT2D eigenvalue weighted by molar-refractivity contribution is 5.80. The molecule has 0 unspecified atom stereocenters. The Labute approximate surface area is 90.6 Å². The summed E-state index contributed by atoms with van der Waals surface area (Å²) in [7, 11) is 0. The van der Waals surface area contributed by atoms with E-state index in [-0.39, 0.29) is 5.56 Å². The minimum absolute atomic E-state index is 0.387. The third kappa shape index (κ3) is 1.94. The van der Waals surface area contributed by atoms with E-state index in [1.165, 1.54) is 0 Å². The lowest BCUT2D eigenvalue weighted by molar-refractivity contribution is 1.08. The summed E-state index contributed by atoms with van der Waals surface area (Å²) in [6, 6.07) is 5.21. The smallest absolute Gasteiger partial charge is 0.326 e. The number of nitrogens with one attached hydrogen (secondary N) is 2. The predicted octanol–water partition coefficient (Wildman–Crippen LogP) is 0.188. The van der Waals surface area contributed by atoms with Crippen LogP contribution in [-0.2, 0) is 0 Å². The van der Waals surface area contributed by atoms with Gasteiger partial charge >= 0.3 is 5.69 Å². The number of rotatable bonds is 2. The maximum Gasteiger partial charge on any atom is 0.326 e. The summed E-state index contributed by atoms with van der Waals surface area (Å²) in [5.41, 5.74) is 5.85. The molecule has 82 valence electrons. The van der Waals surface area contributed by atoms with Crippen LogP contribution in [0.5, 0.6) is 0 Å². The molecule has 2 rings (SSSR count). The van der Waals surface area contributed by atoms with Crippen molar-refractivity contribution in [2.24, 2.45) is 5.73 Å². The molecule has 0 aliphatic carbocycles. The van der Waals surface area contributed by atoms with Crippen LogP contribution in [0.2, 0.25) is 0 Å². The van der Waals surface area contributed by atoms with Crippen molar-refractivity contribution >= 4 is 17.0 Å². The lowest BCUT2D eigenvalue weighted by Crippen LogP contribution is -2.21. The molecule has 0 aliphatic heterocycles. The lowest BCUT2D eigenvalue weighted by Gasteiger charge is -1.98. The Kier molecular flexibility index (Phi) is 2.70. The summed E-state index contributed by atoms with van der Waals surface area (Å²) < 4.78 is 0. The van der Waals surface area contributed by atoms with Crippen LogP contribution < -0.4 is 17.0 Å². The molecule has 1 heterocycles. The average Bonchev–Trinajstić information content (AvgIpc) is 2.26. The van der Waals surface area contributed by atoms with E-state index >= 15 is 0 Å². The van der Waals surface area contributed by atoms with Crippen molar-refractivity contribution in [1.29, 1.82) is 0 Å². The van der Waals surface area contributed by atoms with Crippen LogP contribution in [-0.4, -0.2) is 16.5 Å². The number of hydrogen-bond donors (Lipinski definition) is 3. The van der Waals surface area contributed by atoms with Gasteiger partial charge in [-0.05, 0) is 17.7 Å². The fourth-order valence-corrected chi connectivity index (χ4v) is 1.49. The fourth-order valence-electron chi connectivity index (χ4n) is 1.49. The molecule has 16 heavy (non-hydrogen) atoms. The molecule has 0 saturated carbocycles. The van der Waals surface area contributed by atoms with Gasteiger partial charge < -0.3 is 10.7 Å². The number of fused-ring (bicyclic) bond motifs is 1. The fraction of sp³-hybridized carbons (Fsp3) is 0.0909. The normalized spacial score (nSPS) is 11.3. The first-order valence-corrected chi connectivity index (χ1v) is 4.83. The number of hydrogen-bond acceptors (Lipinski definition) is 3. The second-order valence-electron chi connectivity index (χ2n) is 3.35. The van der Waals surface area contributed by atoms with Gasteiger partial charge in [0.1, 0.15) is 0 Å². The predicted molar refractivity (Wildman–Crippen MR) is 63.3 cm³/mol. The van der Waals surface area contributed by atoms with Gasteiger partial charge in [0.15, 0.2) is 0 Å². The van der Waals surface area contributed by atoms with Crippen molar-refractivity contribution in [2.45, 2.75) is 0 Å². The van der Waals surface area contributed by atoms with E-state index < -0.39 is 5.69 Å². The third-order valence-electron chi connectivity index (χ3n) is 2.21. The second-order valence-corrected chi connectivity index (χ2v) is 3.35. The molecular weight excluding hydrogens is 206 g/mol. The van der Waals surface area contributed by atoms with E-state index in [0.29, 0.717) is 17.4 Å². The van der Waals surface area contributed by atoms with E-state index in [4.69, 9.17) is 5.73 Å². The zero-order valence-corrected chi connectivity index (χ0v) is 8.49. The summed E-state index contributed by atoms with van der Waals surface area (Å²) >= 11 is 0. The van der Waals surface area contributed by atoms with Crippen molar-refractivity contribution in [1.82, 2.24) is 9.97 Å². The molecule has 1 aromatic carbocycles. The van der Waals surface area contributed by atoms with Gasteiger partial charge in [-0.1, -0.05) is 18.2 Å². The highest BCUT2D eigenvalue weighted by atomic mass is 16.2. The van der Waals surface area contributed by atoms with Crippen LogP contribution in [0.1, 0.15) is 5.56 Å². The largest absolute Gasteiger partial charge is 0.327 e. The Bertz CT molecular complexity index is 652. The molecule has 0 amide bonds. The van der Waals surface area contributed by atoms with Crippen molar-refractivity contribution in [2.75, 3.05) is 6.54 Å². The minimum atomic E-state index is -0.497. The Morgan fingerprint density at radius 3 is 2.81 bits per heavy atom. The van der Waals surface area contributed by atoms with Crippen LogP contribution in [0.25, 0.3) is 17.0 Å². The van der Waals surface area contributed by atoms with E-state index in [1.807, 2.05) is 12.1 Å². The molecule has 0 atom stereocenters. The standard InChI is InChI=1S/C11H11N3O2/c12-5-1-2-7-3-4-9-8(6-7)10(15)14-11(16)13-9/h1-4,6H,5,12H2,(H2,13,14,15,16). The Hall–Kier alpha value is -2.14. The maximum atomic E-state index is 11.5. The number of aromatic nitrogens is 2. The van der Waals surface area contributed by atoms with Crippen molar-refractivity contribution in [3.63, 3.8) is 0 Å². The van der Waals surface area contributed by atoms with Crippen LogP contribution in [0.15, 0.2) is 33.9 Å². The number of aromatic amines is 2. The first-order valence-electron chi connectivity index (χ1n) is 4.83. The lowest BCUT2D eigenvalue weighted by atomic mass is 10.1. The van der Waals surface area contributed by atoms with Gasteiger partial charge in [-0.2, -0.15) is 0 Å². The molecule has 5 heteroatoms. The quantitative estimate of drug-likeness (QED) is 0.670. The number of nitrogens with two attached hydrogens (primary N) is 1. The number of H-pyrrole nitrogens is 2. The first kappa shape index (κ1) is 10.4. The van der Waals surface area contributed by atoms with Crippen molar-refractivity contribution < 1.29 is 0 Å². The molecule has 0 saturated heterocycles. The molecule has 0 radical (unpaired) electrons. The third-order valence-corrected chi connectivity index (χ3v) is 2.21. The molecule has 4 N–H and O–H groups in total. The highest BCUT2D eigenvalue weighted by Gasteiger charge is 2.00. The molecule has 0 spiro atoms. The molecule has 0 fully saturated rings. The van der Waals surface area contributed by atoms with E-state index in [2.05, 4.69) is 9.97 Å². The van der Waals surface area contributed by atoms with E-state index in [9.17, 15) is 9.59 Å². The van der Waals surface area contributed by atoms with Gasteiger partial charge in [0, 0.05) is 6.54 Å². The summed E-state index contributed by atoms with van der Waals surface area (Å²) in [6.45, 7) is 0.444. The van der Waals surface area contributed by atoms with Crippen molar-refractivity contribution in [3.8, 4) is 0 Å². The first-order chi connectivity index (χ1) is 7.70. The minimum Gasteiger partial charge on any atom is -0.327 e. The van der Waals surface area contributed by atoms with Gasteiger partial charge in [0.25, 0.3) is 5.56 Å². The topological polar surface area (TPSA) is 91.7 Å². The monoisotopic (exact) mass is 217 g/mol. The highest BCUT2D eigenvalue weighted by Crippen LogP contribution is 2.09. The van der Waals surface area contributed by atoms with Gasteiger partial charge in [-0.25, -0.2) is 4.79 Å². The van der Waals surface area contributed by atoms with E-state index in [0.717, 1.165) is 5.56 Å². The van der Waals surface area contributed by atoms with Crippen LogP contribution in [0, 0.1) is 0 Å². The van der Waals surface area contributed by atoms with Gasteiger partial charge in [0.05, 0.1) is 10.9 Å². The Morgan fingerprint density at radius 1 is 1.25 bits per heavy atom. The molecular formula is C11H11N3O2. The van der Waals surface area contributed by atoms with Gasteiger partial charge in [-0.3, -0.25) is 9.78 Å².